The van der Waals surface area contributed by atoms with Crippen molar-refractivity contribution in [2.75, 3.05) is 7.11 Å². The SMILES string of the molecule is COc1cc(-c2cc(F)c(COc3cccc(C(C)(C)CC(=O)O)c3)cc2[C@H]2CCCC2(C)C)c(F)cn1. The van der Waals surface area contributed by atoms with Gasteiger partial charge in [0.15, 0.2) is 0 Å². The van der Waals surface area contributed by atoms with Crippen LogP contribution in [0.2, 0.25) is 0 Å². The van der Waals surface area contributed by atoms with Crippen LogP contribution in [0, 0.1) is 17.0 Å². The lowest BCUT2D eigenvalue weighted by Crippen LogP contribution is -2.21. The maximum atomic E-state index is 15.5. The van der Waals surface area contributed by atoms with Crippen molar-refractivity contribution in [3.63, 3.8) is 0 Å². The molecule has 1 aromatic heterocycles. The molecule has 1 heterocycles. The minimum atomic E-state index is -0.880. The Labute approximate surface area is 222 Å². The van der Waals surface area contributed by atoms with Crippen molar-refractivity contribution in [3.05, 3.63) is 77.0 Å². The average molecular weight is 524 g/mol. The van der Waals surface area contributed by atoms with Crippen LogP contribution < -0.4 is 9.47 Å². The molecular formula is C31H35F2NO4. The number of hydrogen-bond acceptors (Lipinski definition) is 4. The fourth-order valence-corrected chi connectivity index (χ4v) is 5.56. The number of aromatic nitrogens is 1. The number of carboxylic acids is 1. The molecule has 7 heteroatoms. The van der Waals surface area contributed by atoms with E-state index in [-0.39, 0.29) is 35.8 Å². The number of rotatable bonds is 9. The lowest BCUT2D eigenvalue weighted by atomic mass is 9.75. The molecule has 38 heavy (non-hydrogen) atoms. The van der Waals surface area contributed by atoms with Gasteiger partial charge in [-0.15, -0.1) is 0 Å². The third kappa shape index (κ3) is 5.82. The number of benzene rings is 2. The predicted molar refractivity (Wildman–Crippen MR) is 143 cm³/mol. The van der Waals surface area contributed by atoms with E-state index in [1.54, 1.807) is 18.2 Å². The summed E-state index contributed by atoms with van der Waals surface area (Å²) < 4.78 is 41.7. The van der Waals surface area contributed by atoms with Crippen LogP contribution in [0.25, 0.3) is 11.1 Å². The van der Waals surface area contributed by atoms with E-state index in [1.165, 1.54) is 19.2 Å². The van der Waals surface area contributed by atoms with Crippen LogP contribution in [-0.2, 0) is 16.8 Å². The molecule has 0 unspecified atom stereocenters. The van der Waals surface area contributed by atoms with Crippen LogP contribution in [-0.4, -0.2) is 23.2 Å². The third-order valence-electron chi connectivity index (χ3n) is 7.78. The summed E-state index contributed by atoms with van der Waals surface area (Å²) >= 11 is 0. The highest BCUT2D eigenvalue weighted by Gasteiger charge is 2.37. The molecule has 1 fully saturated rings. The third-order valence-corrected chi connectivity index (χ3v) is 7.78. The summed E-state index contributed by atoms with van der Waals surface area (Å²) in [6.07, 6.45) is 4.08. The van der Waals surface area contributed by atoms with Gasteiger partial charge < -0.3 is 14.6 Å². The van der Waals surface area contributed by atoms with Crippen molar-refractivity contribution in [1.29, 1.82) is 0 Å². The maximum absolute atomic E-state index is 15.5. The number of pyridine rings is 1. The Morgan fingerprint density at radius 1 is 1.13 bits per heavy atom. The molecule has 5 nitrogen and oxygen atoms in total. The van der Waals surface area contributed by atoms with E-state index >= 15 is 4.39 Å². The number of ether oxygens (including phenoxy) is 2. The van der Waals surface area contributed by atoms with Gasteiger partial charge in [0, 0.05) is 22.6 Å². The number of halogens is 2. The quantitative estimate of drug-likeness (QED) is 0.312. The Bertz CT molecular complexity index is 1340. The molecule has 0 amide bonds. The molecule has 202 valence electrons. The number of nitrogens with zero attached hydrogens (tertiary/aromatic N) is 1. The van der Waals surface area contributed by atoms with Crippen molar-refractivity contribution in [2.24, 2.45) is 5.41 Å². The summed E-state index contributed by atoms with van der Waals surface area (Å²) in [6, 6.07) is 12.0. The smallest absolute Gasteiger partial charge is 0.304 e. The Balaban J connectivity index is 1.71. The Hall–Kier alpha value is -3.48. The Kier molecular flexibility index (Phi) is 7.77. The fraction of sp³-hybridized carbons (Fsp3) is 0.419. The fourth-order valence-electron chi connectivity index (χ4n) is 5.56. The van der Waals surface area contributed by atoms with Gasteiger partial charge in [-0.1, -0.05) is 46.2 Å². The first-order chi connectivity index (χ1) is 17.9. The first kappa shape index (κ1) is 27.6. The number of carboxylic acid groups (broad SMARTS) is 1. The molecule has 3 aromatic rings. The first-order valence-electron chi connectivity index (χ1n) is 12.9. The van der Waals surface area contributed by atoms with E-state index in [1.807, 2.05) is 26.0 Å². The number of hydrogen-bond donors (Lipinski definition) is 1. The van der Waals surface area contributed by atoms with Gasteiger partial charge >= 0.3 is 5.97 Å². The minimum Gasteiger partial charge on any atom is -0.489 e. The lowest BCUT2D eigenvalue weighted by Gasteiger charge is -2.30. The molecule has 0 saturated heterocycles. The van der Waals surface area contributed by atoms with E-state index in [2.05, 4.69) is 18.8 Å². The normalized spacial score (nSPS) is 16.9. The van der Waals surface area contributed by atoms with Gasteiger partial charge in [0.05, 0.1) is 19.7 Å². The molecule has 1 aliphatic rings. The topological polar surface area (TPSA) is 68.7 Å². The van der Waals surface area contributed by atoms with E-state index in [0.717, 1.165) is 36.6 Å². The van der Waals surface area contributed by atoms with Gasteiger partial charge in [0.1, 0.15) is 24.0 Å². The molecule has 1 aliphatic carbocycles. The standard InChI is InChI=1S/C31H35F2NO4/c1-30(2)11-7-10-25(30)23-12-19(26(32)14-22(23)24-15-28(37-5)34-17-27(24)33)18-38-21-9-6-8-20(13-21)31(3,4)16-29(35)36/h6,8-9,12-15,17,25H,7,10-11,16,18H2,1-5H3,(H,35,36)/t25-/m1/s1. The van der Waals surface area contributed by atoms with Crippen LogP contribution in [0.1, 0.15) is 76.0 Å². The van der Waals surface area contributed by atoms with Gasteiger partial charge in [0.2, 0.25) is 5.88 Å². The van der Waals surface area contributed by atoms with Crippen molar-refractivity contribution >= 4 is 5.97 Å². The molecule has 1 N–H and O–H groups in total. The highest BCUT2D eigenvalue weighted by molar-refractivity contribution is 5.71. The maximum Gasteiger partial charge on any atom is 0.304 e. The lowest BCUT2D eigenvalue weighted by molar-refractivity contribution is -0.138. The second-order valence-electron chi connectivity index (χ2n) is 11.4. The predicted octanol–water partition coefficient (Wildman–Crippen LogP) is 7.66. The summed E-state index contributed by atoms with van der Waals surface area (Å²) in [6.45, 7) is 8.10. The monoisotopic (exact) mass is 523 g/mol. The van der Waals surface area contributed by atoms with Crippen LogP contribution in [0.4, 0.5) is 8.78 Å². The van der Waals surface area contributed by atoms with Crippen molar-refractivity contribution < 1.29 is 28.2 Å². The van der Waals surface area contributed by atoms with Crippen LogP contribution in [0.15, 0.2) is 48.7 Å². The zero-order valence-corrected chi connectivity index (χ0v) is 22.6. The van der Waals surface area contributed by atoms with Crippen molar-refractivity contribution in [1.82, 2.24) is 4.98 Å². The molecule has 0 bridgehead atoms. The van der Waals surface area contributed by atoms with Gasteiger partial charge in [-0.05, 0) is 65.1 Å². The van der Waals surface area contributed by atoms with Gasteiger partial charge in [-0.3, -0.25) is 4.79 Å². The van der Waals surface area contributed by atoms with E-state index in [0.29, 0.717) is 16.9 Å². The average Bonchev–Trinajstić information content (AvgIpc) is 3.21. The first-order valence-corrected chi connectivity index (χ1v) is 12.9. The Morgan fingerprint density at radius 3 is 2.55 bits per heavy atom. The molecule has 0 radical (unpaired) electrons. The summed E-state index contributed by atoms with van der Waals surface area (Å²) in [5, 5.41) is 9.26. The molecule has 4 rings (SSSR count). The van der Waals surface area contributed by atoms with Gasteiger partial charge in [-0.2, -0.15) is 0 Å². The van der Waals surface area contributed by atoms with Crippen LogP contribution in [0.5, 0.6) is 11.6 Å². The number of aliphatic carboxylic acids is 1. The second-order valence-corrected chi connectivity index (χ2v) is 11.4. The highest BCUT2D eigenvalue weighted by Crippen LogP contribution is 2.51. The zero-order valence-electron chi connectivity index (χ0n) is 22.6. The Morgan fingerprint density at radius 2 is 1.89 bits per heavy atom. The van der Waals surface area contributed by atoms with E-state index in [9.17, 15) is 14.3 Å². The summed E-state index contributed by atoms with van der Waals surface area (Å²) in [5.41, 5.74) is 2.23. The number of methoxy groups -OCH3 is 1. The second kappa shape index (κ2) is 10.7. The van der Waals surface area contributed by atoms with Gasteiger partial charge in [-0.25, -0.2) is 13.8 Å². The molecular weight excluding hydrogens is 488 g/mol. The summed E-state index contributed by atoms with van der Waals surface area (Å²) in [7, 11) is 1.46. The largest absolute Gasteiger partial charge is 0.489 e. The molecule has 1 atom stereocenters. The molecule has 2 aromatic carbocycles. The van der Waals surface area contributed by atoms with Gasteiger partial charge in [0.25, 0.3) is 0 Å². The van der Waals surface area contributed by atoms with Crippen LogP contribution in [0.3, 0.4) is 0 Å². The summed E-state index contributed by atoms with van der Waals surface area (Å²) in [4.78, 5) is 15.2. The summed E-state index contributed by atoms with van der Waals surface area (Å²) in [5.74, 6) is -0.998. The highest BCUT2D eigenvalue weighted by atomic mass is 19.1. The molecule has 0 spiro atoms. The van der Waals surface area contributed by atoms with Crippen molar-refractivity contribution in [2.45, 2.75) is 71.3 Å². The van der Waals surface area contributed by atoms with E-state index < -0.39 is 23.0 Å². The van der Waals surface area contributed by atoms with E-state index in [4.69, 9.17) is 9.47 Å². The molecule has 1 saturated carbocycles. The molecule has 0 aliphatic heterocycles. The zero-order chi connectivity index (χ0) is 27.7. The minimum absolute atomic E-state index is 0.0166. The number of carbonyl (C=O) groups is 1. The van der Waals surface area contributed by atoms with Crippen molar-refractivity contribution in [3.8, 4) is 22.8 Å². The van der Waals surface area contributed by atoms with Crippen LogP contribution >= 0.6 is 0 Å².